The Bertz CT molecular complexity index is 584. The SMILES string of the molecule is C=CCOC(=O)N1C[C@H](O[Si](C)(C)C(C)(C)C)C[C@H]1COS(C)(=O)=O. The fraction of sp³-hybridized carbons (Fsp3) is 0.812. The average Bonchev–Trinajstić information content (AvgIpc) is 2.83. The zero-order valence-electron chi connectivity index (χ0n) is 16.1. The normalized spacial score (nSPS) is 22.1. The molecule has 0 aromatic carbocycles. The van der Waals surface area contributed by atoms with Crippen LogP contribution < -0.4 is 0 Å². The maximum atomic E-state index is 12.3. The van der Waals surface area contributed by atoms with Crippen molar-refractivity contribution in [2.24, 2.45) is 0 Å². The Kier molecular flexibility index (Phi) is 7.26. The summed E-state index contributed by atoms with van der Waals surface area (Å²) in [5.74, 6) is 0. The molecular formula is C16H31NO6SSi. The molecule has 9 heteroatoms. The molecule has 146 valence electrons. The summed E-state index contributed by atoms with van der Waals surface area (Å²) >= 11 is 0. The van der Waals surface area contributed by atoms with Gasteiger partial charge in [-0.3, -0.25) is 4.18 Å². The van der Waals surface area contributed by atoms with Gasteiger partial charge in [0, 0.05) is 6.54 Å². The number of nitrogens with zero attached hydrogens (tertiary/aromatic N) is 1. The van der Waals surface area contributed by atoms with Gasteiger partial charge in [-0.25, -0.2) is 4.79 Å². The molecular weight excluding hydrogens is 362 g/mol. The van der Waals surface area contributed by atoms with Crippen molar-refractivity contribution in [2.45, 2.75) is 57.5 Å². The molecule has 0 aromatic heterocycles. The molecule has 0 bridgehead atoms. The van der Waals surface area contributed by atoms with Crippen LogP contribution >= 0.6 is 0 Å². The minimum absolute atomic E-state index is 0.0442. The number of hydrogen-bond acceptors (Lipinski definition) is 6. The topological polar surface area (TPSA) is 82.1 Å². The van der Waals surface area contributed by atoms with Crippen LogP contribution in [0, 0.1) is 0 Å². The van der Waals surface area contributed by atoms with Crippen LogP contribution in [0.15, 0.2) is 12.7 Å². The first-order valence-electron chi connectivity index (χ1n) is 8.33. The van der Waals surface area contributed by atoms with Gasteiger partial charge in [0.15, 0.2) is 8.32 Å². The van der Waals surface area contributed by atoms with E-state index in [1.807, 2.05) is 0 Å². The van der Waals surface area contributed by atoms with Gasteiger partial charge >= 0.3 is 6.09 Å². The van der Waals surface area contributed by atoms with E-state index < -0.39 is 30.6 Å². The lowest BCUT2D eigenvalue weighted by Gasteiger charge is -2.38. The lowest BCUT2D eigenvalue weighted by Crippen LogP contribution is -2.45. The zero-order chi connectivity index (χ0) is 19.5. The number of ether oxygens (including phenoxy) is 1. The van der Waals surface area contributed by atoms with Crippen LogP contribution in [0.1, 0.15) is 27.2 Å². The smallest absolute Gasteiger partial charge is 0.410 e. The Morgan fingerprint density at radius 3 is 2.44 bits per heavy atom. The van der Waals surface area contributed by atoms with E-state index >= 15 is 0 Å². The highest BCUT2D eigenvalue weighted by Crippen LogP contribution is 2.39. The van der Waals surface area contributed by atoms with Gasteiger partial charge in [0.1, 0.15) is 6.61 Å². The summed E-state index contributed by atoms with van der Waals surface area (Å²) in [7, 11) is -5.58. The molecule has 0 radical (unpaired) electrons. The van der Waals surface area contributed by atoms with Crippen molar-refractivity contribution in [3.63, 3.8) is 0 Å². The van der Waals surface area contributed by atoms with E-state index in [2.05, 4.69) is 40.4 Å². The summed E-state index contributed by atoms with van der Waals surface area (Å²) in [4.78, 5) is 13.7. The molecule has 1 aliphatic rings. The highest BCUT2D eigenvalue weighted by atomic mass is 32.2. The third-order valence-corrected chi connectivity index (χ3v) is 9.78. The molecule has 1 saturated heterocycles. The number of rotatable bonds is 7. The number of amides is 1. The minimum Gasteiger partial charge on any atom is -0.445 e. The molecule has 1 heterocycles. The summed E-state index contributed by atoms with van der Waals surface area (Å²) in [6.45, 7) is 14.6. The van der Waals surface area contributed by atoms with Crippen LogP contribution in [0.3, 0.4) is 0 Å². The summed E-state index contributed by atoms with van der Waals surface area (Å²) < 4.78 is 38.9. The average molecular weight is 394 g/mol. The van der Waals surface area contributed by atoms with Gasteiger partial charge in [-0.2, -0.15) is 8.42 Å². The monoisotopic (exact) mass is 393 g/mol. The van der Waals surface area contributed by atoms with E-state index in [4.69, 9.17) is 13.3 Å². The molecule has 1 rings (SSSR count). The standard InChI is InChI=1S/C16H31NO6SSi/c1-8-9-21-15(18)17-11-14(23-25(6,7)16(2,3)4)10-13(17)12-22-24(5,19)20/h8,13-14H,1,9-12H2,2-7H3/t13-,14+/m0/s1. The molecule has 0 saturated carbocycles. The van der Waals surface area contributed by atoms with Crippen molar-refractivity contribution < 1.29 is 26.6 Å². The lowest BCUT2D eigenvalue weighted by molar-refractivity contribution is 0.0941. The van der Waals surface area contributed by atoms with Crippen molar-refractivity contribution in [3.8, 4) is 0 Å². The second-order valence-corrected chi connectivity index (χ2v) is 14.3. The largest absolute Gasteiger partial charge is 0.445 e. The summed E-state index contributed by atoms with van der Waals surface area (Å²) in [5, 5.41) is 0.0442. The first-order valence-corrected chi connectivity index (χ1v) is 13.1. The van der Waals surface area contributed by atoms with E-state index in [1.165, 1.54) is 11.0 Å². The number of likely N-dealkylation sites (tertiary alicyclic amines) is 1. The predicted molar refractivity (Wildman–Crippen MR) is 99.5 cm³/mol. The van der Waals surface area contributed by atoms with Crippen LogP contribution in [0.4, 0.5) is 4.79 Å². The van der Waals surface area contributed by atoms with Crippen LogP contribution in [-0.4, -0.2) is 65.9 Å². The molecule has 7 nitrogen and oxygen atoms in total. The molecule has 0 spiro atoms. The van der Waals surface area contributed by atoms with Crippen LogP contribution in [-0.2, 0) is 23.5 Å². The maximum Gasteiger partial charge on any atom is 0.410 e. The quantitative estimate of drug-likeness (QED) is 0.376. The molecule has 1 fully saturated rings. The Morgan fingerprint density at radius 2 is 1.96 bits per heavy atom. The van der Waals surface area contributed by atoms with Crippen LogP contribution in [0.2, 0.25) is 18.1 Å². The second kappa shape index (κ2) is 8.19. The number of carbonyl (C=O) groups is 1. The van der Waals surface area contributed by atoms with Crippen molar-refractivity contribution in [1.82, 2.24) is 4.90 Å². The van der Waals surface area contributed by atoms with Crippen LogP contribution in [0.5, 0.6) is 0 Å². The Labute approximate surface area is 152 Å². The first kappa shape index (κ1) is 22.1. The maximum absolute atomic E-state index is 12.3. The number of hydrogen-bond donors (Lipinski definition) is 0. The van der Waals surface area contributed by atoms with Gasteiger partial charge in [0.05, 0.1) is 25.0 Å². The lowest BCUT2D eigenvalue weighted by atomic mass is 10.2. The van der Waals surface area contributed by atoms with E-state index in [0.29, 0.717) is 13.0 Å². The van der Waals surface area contributed by atoms with Crippen molar-refractivity contribution in [3.05, 3.63) is 12.7 Å². The van der Waals surface area contributed by atoms with Gasteiger partial charge in [-0.1, -0.05) is 33.4 Å². The predicted octanol–water partition coefficient (Wildman–Crippen LogP) is 2.75. The summed E-state index contributed by atoms with van der Waals surface area (Å²) in [5.41, 5.74) is 0. The minimum atomic E-state index is -3.58. The van der Waals surface area contributed by atoms with E-state index in [-0.39, 0.29) is 24.4 Å². The fourth-order valence-corrected chi connectivity index (χ4v) is 4.11. The molecule has 25 heavy (non-hydrogen) atoms. The third kappa shape index (κ3) is 6.73. The van der Waals surface area contributed by atoms with E-state index in [1.54, 1.807) is 0 Å². The molecule has 2 atom stereocenters. The molecule has 0 N–H and O–H groups in total. The summed E-state index contributed by atoms with van der Waals surface area (Å²) in [6.07, 6.45) is 2.32. The highest BCUT2D eigenvalue weighted by molar-refractivity contribution is 7.85. The highest BCUT2D eigenvalue weighted by Gasteiger charge is 2.44. The molecule has 1 amide bonds. The first-order chi connectivity index (χ1) is 11.3. The van der Waals surface area contributed by atoms with Crippen molar-refractivity contribution in [2.75, 3.05) is 26.0 Å². The second-order valence-electron chi connectivity index (χ2n) is 7.90. The fourth-order valence-electron chi connectivity index (χ4n) is 2.35. The van der Waals surface area contributed by atoms with Crippen molar-refractivity contribution >= 4 is 24.5 Å². The van der Waals surface area contributed by atoms with E-state index in [9.17, 15) is 13.2 Å². The van der Waals surface area contributed by atoms with Gasteiger partial charge in [0.25, 0.3) is 10.1 Å². The van der Waals surface area contributed by atoms with Gasteiger partial charge in [-0.05, 0) is 24.6 Å². The molecule has 0 aromatic rings. The zero-order valence-corrected chi connectivity index (χ0v) is 17.9. The Balaban J connectivity index is 2.85. The van der Waals surface area contributed by atoms with Crippen LogP contribution in [0.25, 0.3) is 0 Å². The Hall–Kier alpha value is -0.903. The van der Waals surface area contributed by atoms with Crippen molar-refractivity contribution in [1.29, 1.82) is 0 Å². The molecule has 0 unspecified atom stereocenters. The summed E-state index contributed by atoms with van der Waals surface area (Å²) in [6, 6.07) is -0.401. The third-order valence-electron chi connectivity index (χ3n) is 4.68. The molecule has 1 aliphatic heterocycles. The molecule has 0 aliphatic carbocycles. The van der Waals surface area contributed by atoms with Gasteiger partial charge < -0.3 is 14.1 Å². The van der Waals surface area contributed by atoms with Gasteiger partial charge in [0.2, 0.25) is 0 Å². The number of carbonyl (C=O) groups excluding carboxylic acids is 1. The van der Waals surface area contributed by atoms with Gasteiger partial charge in [-0.15, -0.1) is 0 Å². The van der Waals surface area contributed by atoms with E-state index in [0.717, 1.165) is 6.26 Å². The Morgan fingerprint density at radius 1 is 1.36 bits per heavy atom.